The van der Waals surface area contributed by atoms with Crippen LogP contribution in [0, 0.1) is 0 Å². The summed E-state index contributed by atoms with van der Waals surface area (Å²) in [4.78, 5) is 40.6. The summed E-state index contributed by atoms with van der Waals surface area (Å²) >= 11 is 0. The van der Waals surface area contributed by atoms with Gasteiger partial charge in [0.25, 0.3) is 5.91 Å². The number of nitrogens with one attached hydrogen (secondary N) is 1. The molecule has 1 aromatic carbocycles. The topological polar surface area (TPSA) is 87.5 Å². The Balaban J connectivity index is 1.29. The molecule has 2 aromatic rings. The molecule has 1 aromatic heterocycles. The fourth-order valence-electron chi connectivity index (χ4n) is 4.45. The molecule has 1 saturated carbocycles. The highest BCUT2D eigenvalue weighted by molar-refractivity contribution is 6.08. The predicted molar refractivity (Wildman–Crippen MR) is 111 cm³/mol. The van der Waals surface area contributed by atoms with Gasteiger partial charge in [0.05, 0.1) is 5.69 Å². The molecule has 8 nitrogen and oxygen atoms in total. The molecule has 0 atom stereocenters. The Morgan fingerprint density at radius 3 is 2.53 bits per heavy atom. The molecule has 2 fully saturated rings. The maximum absolute atomic E-state index is 12.9. The van der Waals surface area contributed by atoms with Crippen molar-refractivity contribution in [2.24, 2.45) is 0 Å². The summed E-state index contributed by atoms with van der Waals surface area (Å²) in [6.45, 7) is 0.221. The van der Waals surface area contributed by atoms with Crippen molar-refractivity contribution in [1.82, 2.24) is 24.9 Å². The molecule has 1 aliphatic carbocycles. The monoisotopic (exact) mass is 409 g/mol. The summed E-state index contributed by atoms with van der Waals surface area (Å²) < 4.78 is 1.78. The minimum atomic E-state index is -0.744. The van der Waals surface area contributed by atoms with E-state index in [4.69, 9.17) is 0 Å². The number of hydrogen-bond acceptors (Lipinski definition) is 4. The van der Waals surface area contributed by atoms with Gasteiger partial charge in [0.15, 0.2) is 0 Å². The average molecular weight is 409 g/mol. The van der Waals surface area contributed by atoms with Crippen molar-refractivity contribution in [3.8, 4) is 5.69 Å². The van der Waals surface area contributed by atoms with Gasteiger partial charge in [-0.25, -0.2) is 9.48 Å². The number of nitrogens with zero attached hydrogens (tertiary/aromatic N) is 4. The van der Waals surface area contributed by atoms with E-state index in [-0.39, 0.29) is 24.4 Å². The lowest BCUT2D eigenvalue weighted by Gasteiger charge is -2.35. The van der Waals surface area contributed by atoms with Gasteiger partial charge >= 0.3 is 6.03 Å². The largest absolute Gasteiger partial charge is 0.354 e. The third-order valence-electron chi connectivity index (χ3n) is 6.23. The average Bonchev–Trinajstić information content (AvgIpc) is 3.36. The van der Waals surface area contributed by atoms with Gasteiger partial charge in [-0.3, -0.25) is 14.5 Å². The number of rotatable bonds is 6. The molecule has 1 N–H and O–H groups in total. The standard InChI is InChI=1S/C22H27N5O3/c1-25-21(30)26(20(29)22(25)11-3-2-4-12-22)16-19(28)23-14-10-17-6-8-18(9-7-17)27-15-5-13-24-27/h5-9,13,15H,2-4,10-12,14,16H2,1H3,(H,23,28). The summed E-state index contributed by atoms with van der Waals surface area (Å²) in [6, 6.07) is 9.45. The second kappa shape index (κ2) is 8.30. The first-order chi connectivity index (χ1) is 14.5. The van der Waals surface area contributed by atoms with Gasteiger partial charge in [0.1, 0.15) is 12.1 Å². The molecule has 2 heterocycles. The van der Waals surface area contributed by atoms with Crippen molar-refractivity contribution in [2.75, 3.05) is 20.1 Å². The van der Waals surface area contributed by atoms with Crippen molar-refractivity contribution in [3.05, 3.63) is 48.3 Å². The van der Waals surface area contributed by atoms with E-state index in [1.54, 1.807) is 22.8 Å². The smallest absolute Gasteiger partial charge is 0.327 e. The predicted octanol–water partition coefficient (Wildman–Crippen LogP) is 2.13. The number of aromatic nitrogens is 2. The molecule has 8 heteroatoms. The molecule has 4 amide bonds. The highest BCUT2D eigenvalue weighted by Crippen LogP contribution is 2.39. The van der Waals surface area contributed by atoms with E-state index in [2.05, 4.69) is 10.4 Å². The molecule has 1 spiro atoms. The number of carbonyl (C=O) groups excluding carboxylic acids is 3. The van der Waals surface area contributed by atoms with E-state index in [9.17, 15) is 14.4 Å². The number of likely N-dealkylation sites (N-methyl/N-ethyl adjacent to an activating group) is 1. The van der Waals surface area contributed by atoms with Crippen molar-refractivity contribution in [2.45, 2.75) is 44.1 Å². The van der Waals surface area contributed by atoms with Gasteiger partial charge in [-0.2, -0.15) is 5.10 Å². The van der Waals surface area contributed by atoms with Crippen molar-refractivity contribution >= 4 is 17.8 Å². The van der Waals surface area contributed by atoms with Crippen LogP contribution in [0.25, 0.3) is 5.69 Å². The Labute approximate surface area is 175 Å². The number of hydrogen-bond donors (Lipinski definition) is 1. The van der Waals surface area contributed by atoms with Crippen LogP contribution in [0.2, 0.25) is 0 Å². The molecular formula is C22H27N5O3. The summed E-state index contributed by atoms with van der Waals surface area (Å²) in [5.41, 5.74) is 1.31. The van der Waals surface area contributed by atoms with Gasteiger partial charge in [0, 0.05) is 26.0 Å². The molecule has 30 heavy (non-hydrogen) atoms. The second-order valence-electron chi connectivity index (χ2n) is 8.04. The van der Waals surface area contributed by atoms with Crippen molar-refractivity contribution in [3.63, 3.8) is 0 Å². The lowest BCUT2D eigenvalue weighted by molar-refractivity contribution is -0.137. The Morgan fingerprint density at radius 2 is 1.87 bits per heavy atom. The van der Waals surface area contributed by atoms with Crippen molar-refractivity contribution in [1.29, 1.82) is 0 Å². The molecule has 1 saturated heterocycles. The lowest BCUT2D eigenvalue weighted by atomic mass is 9.81. The normalized spacial score (nSPS) is 18.3. The Hall–Kier alpha value is -3.16. The van der Waals surface area contributed by atoms with Gasteiger partial charge in [0.2, 0.25) is 5.91 Å². The number of urea groups is 1. The first kappa shape index (κ1) is 20.1. The van der Waals surface area contributed by atoms with Crippen LogP contribution in [0.4, 0.5) is 4.79 Å². The number of imide groups is 1. The maximum atomic E-state index is 12.9. The van der Waals surface area contributed by atoms with Gasteiger partial charge in [-0.15, -0.1) is 0 Å². The van der Waals surface area contributed by atoms with Gasteiger partial charge in [-0.1, -0.05) is 31.4 Å². The molecule has 0 radical (unpaired) electrons. The SMILES string of the molecule is CN1C(=O)N(CC(=O)NCCc2ccc(-n3cccn3)cc2)C(=O)C12CCCCC2. The van der Waals surface area contributed by atoms with Gasteiger partial charge in [-0.05, 0) is 43.0 Å². The lowest BCUT2D eigenvalue weighted by Crippen LogP contribution is -2.49. The summed E-state index contributed by atoms with van der Waals surface area (Å²) in [5, 5.41) is 7.02. The molecule has 158 valence electrons. The van der Waals surface area contributed by atoms with Crippen LogP contribution in [0.3, 0.4) is 0 Å². The number of amides is 4. The Bertz CT molecular complexity index is 917. The Kier molecular flexibility index (Phi) is 5.57. The number of carbonyl (C=O) groups is 3. The van der Waals surface area contributed by atoms with Crippen LogP contribution in [-0.2, 0) is 16.0 Å². The van der Waals surface area contributed by atoms with E-state index in [1.165, 1.54) is 0 Å². The summed E-state index contributed by atoms with van der Waals surface area (Å²) in [5.74, 6) is -0.537. The third-order valence-corrected chi connectivity index (χ3v) is 6.23. The fraction of sp³-hybridized carbons (Fsp3) is 0.455. The summed E-state index contributed by atoms with van der Waals surface area (Å²) in [6.07, 6.45) is 8.59. The molecule has 1 aliphatic heterocycles. The fourth-order valence-corrected chi connectivity index (χ4v) is 4.45. The first-order valence-corrected chi connectivity index (χ1v) is 10.5. The highest BCUT2D eigenvalue weighted by atomic mass is 16.2. The highest BCUT2D eigenvalue weighted by Gasteiger charge is 2.55. The van der Waals surface area contributed by atoms with E-state index in [0.717, 1.165) is 35.4 Å². The first-order valence-electron chi connectivity index (χ1n) is 10.5. The van der Waals surface area contributed by atoms with E-state index in [1.807, 2.05) is 36.5 Å². The van der Waals surface area contributed by atoms with E-state index >= 15 is 0 Å². The maximum Gasteiger partial charge on any atom is 0.327 e. The van der Waals surface area contributed by atoms with Crippen LogP contribution in [-0.4, -0.2) is 63.1 Å². The zero-order valence-electron chi connectivity index (χ0n) is 17.2. The zero-order valence-corrected chi connectivity index (χ0v) is 17.2. The minimum absolute atomic E-state index is 0.220. The van der Waals surface area contributed by atoms with Crippen LogP contribution in [0.1, 0.15) is 37.7 Å². The van der Waals surface area contributed by atoms with E-state index < -0.39 is 5.54 Å². The molecule has 0 bridgehead atoms. The molecule has 0 unspecified atom stereocenters. The van der Waals surface area contributed by atoms with Gasteiger partial charge < -0.3 is 10.2 Å². The van der Waals surface area contributed by atoms with Crippen LogP contribution < -0.4 is 5.32 Å². The number of benzene rings is 1. The molecule has 2 aliphatic rings. The van der Waals surface area contributed by atoms with Crippen LogP contribution in [0.5, 0.6) is 0 Å². The minimum Gasteiger partial charge on any atom is -0.354 e. The molecular weight excluding hydrogens is 382 g/mol. The Morgan fingerprint density at radius 1 is 1.13 bits per heavy atom. The van der Waals surface area contributed by atoms with Crippen LogP contribution in [0.15, 0.2) is 42.7 Å². The summed E-state index contributed by atoms with van der Waals surface area (Å²) in [7, 11) is 1.68. The van der Waals surface area contributed by atoms with Crippen LogP contribution >= 0.6 is 0 Å². The van der Waals surface area contributed by atoms with Crippen molar-refractivity contribution < 1.29 is 14.4 Å². The molecule has 4 rings (SSSR count). The quantitative estimate of drug-likeness (QED) is 0.741. The zero-order chi connectivity index (χ0) is 21.1. The third kappa shape index (κ3) is 3.69. The second-order valence-corrected chi connectivity index (χ2v) is 8.04. The van der Waals surface area contributed by atoms with E-state index in [0.29, 0.717) is 25.8 Å².